The fourth-order valence-electron chi connectivity index (χ4n) is 8.24. The summed E-state index contributed by atoms with van der Waals surface area (Å²) >= 11 is 0. The first-order valence-corrected chi connectivity index (χ1v) is 11.9. The molecule has 0 spiro atoms. The van der Waals surface area contributed by atoms with E-state index in [2.05, 4.69) is 19.2 Å². The molecule has 1 aromatic carbocycles. The average Bonchev–Trinajstić information content (AvgIpc) is 3.11. The van der Waals surface area contributed by atoms with Gasteiger partial charge in [-0.15, -0.1) is 0 Å². The number of hydrogen-bond donors (Lipinski definition) is 1. The highest BCUT2D eigenvalue weighted by Crippen LogP contribution is 2.66. The quantitative estimate of drug-likeness (QED) is 0.649. The summed E-state index contributed by atoms with van der Waals surface area (Å²) in [5, 5.41) is 3.36. The van der Waals surface area contributed by atoms with Crippen LogP contribution in [-0.4, -0.2) is 11.9 Å². The molecule has 4 fully saturated rings. The lowest BCUT2D eigenvalue weighted by Gasteiger charge is -2.60. The van der Waals surface area contributed by atoms with E-state index in [4.69, 9.17) is 0 Å². The maximum absolute atomic E-state index is 12.6. The maximum Gasteiger partial charge on any atom is 0.251 e. The minimum Gasteiger partial charge on any atom is -0.349 e. The normalized spacial score (nSPS) is 44.9. The van der Waals surface area contributed by atoms with Gasteiger partial charge in [0.05, 0.1) is 0 Å². The molecule has 7 atom stereocenters. The third kappa shape index (κ3) is 2.94. The first kappa shape index (κ1) is 18.7. The summed E-state index contributed by atoms with van der Waals surface area (Å²) in [4.78, 5) is 12.6. The minimum atomic E-state index is 0.113. The van der Waals surface area contributed by atoms with E-state index in [1.165, 1.54) is 57.8 Å². The average molecular weight is 380 g/mol. The number of carbonyl (C=O) groups is 1. The van der Waals surface area contributed by atoms with Gasteiger partial charge in [-0.1, -0.05) is 38.5 Å². The fourth-order valence-corrected chi connectivity index (χ4v) is 8.24. The van der Waals surface area contributed by atoms with Crippen molar-refractivity contribution < 1.29 is 4.79 Å². The number of hydrogen-bond acceptors (Lipinski definition) is 1. The summed E-state index contributed by atoms with van der Waals surface area (Å²) in [6.45, 7) is 5.23. The van der Waals surface area contributed by atoms with Crippen molar-refractivity contribution in [3.05, 3.63) is 35.9 Å². The zero-order valence-electron chi connectivity index (χ0n) is 17.8. The summed E-state index contributed by atoms with van der Waals surface area (Å²) < 4.78 is 0. The Balaban J connectivity index is 1.28. The van der Waals surface area contributed by atoms with E-state index in [9.17, 15) is 4.79 Å². The molecular formula is C26H37NO. The van der Waals surface area contributed by atoms with Gasteiger partial charge >= 0.3 is 0 Å². The van der Waals surface area contributed by atoms with Crippen LogP contribution in [0.1, 0.15) is 88.4 Å². The van der Waals surface area contributed by atoms with Crippen LogP contribution in [0.15, 0.2) is 30.3 Å². The van der Waals surface area contributed by atoms with Crippen molar-refractivity contribution in [1.82, 2.24) is 5.32 Å². The van der Waals surface area contributed by atoms with Crippen LogP contribution in [-0.2, 0) is 0 Å². The van der Waals surface area contributed by atoms with E-state index in [0.29, 0.717) is 16.9 Å². The highest BCUT2D eigenvalue weighted by Gasteiger charge is 2.57. The van der Waals surface area contributed by atoms with Crippen molar-refractivity contribution in [2.45, 2.75) is 84.1 Å². The molecule has 4 aliphatic carbocycles. The molecule has 0 heterocycles. The van der Waals surface area contributed by atoms with Crippen LogP contribution in [0.5, 0.6) is 0 Å². The van der Waals surface area contributed by atoms with Crippen LogP contribution in [0.4, 0.5) is 0 Å². The van der Waals surface area contributed by atoms with E-state index in [0.717, 1.165) is 35.7 Å². The lowest BCUT2D eigenvalue weighted by molar-refractivity contribution is -0.106. The molecule has 1 aromatic rings. The molecule has 0 saturated heterocycles. The summed E-state index contributed by atoms with van der Waals surface area (Å²) in [6, 6.07) is 10.1. The first-order valence-electron chi connectivity index (χ1n) is 11.9. The van der Waals surface area contributed by atoms with Gasteiger partial charge in [0, 0.05) is 11.6 Å². The Labute approximate surface area is 170 Å². The molecule has 0 bridgehead atoms. The van der Waals surface area contributed by atoms with Crippen molar-refractivity contribution in [2.75, 3.05) is 0 Å². The Morgan fingerprint density at radius 3 is 2.57 bits per heavy atom. The van der Waals surface area contributed by atoms with E-state index >= 15 is 0 Å². The molecule has 28 heavy (non-hydrogen) atoms. The molecule has 152 valence electrons. The molecule has 1 amide bonds. The van der Waals surface area contributed by atoms with Gasteiger partial charge in [0.1, 0.15) is 0 Å². The minimum absolute atomic E-state index is 0.113. The molecule has 0 radical (unpaired) electrons. The summed E-state index contributed by atoms with van der Waals surface area (Å²) in [5.41, 5.74) is 1.97. The topological polar surface area (TPSA) is 29.1 Å². The standard InChI is InChI=1S/C26H37NO/c1-25-14-6-9-22(25)21-11-10-19-17-20(12-16-26(19,2)23(21)13-15-25)27-24(28)18-7-4-3-5-8-18/h3-5,7-8,19-23H,6,9-17H2,1-2H3,(H,27,28)/t19?,20-,21?,22?,23?,25-,26-/m0/s1. The zero-order chi connectivity index (χ0) is 19.4. The van der Waals surface area contributed by atoms with Crippen LogP contribution >= 0.6 is 0 Å². The Hall–Kier alpha value is -1.31. The van der Waals surface area contributed by atoms with Crippen molar-refractivity contribution in [2.24, 2.45) is 34.5 Å². The first-order chi connectivity index (χ1) is 13.5. The molecule has 4 saturated carbocycles. The van der Waals surface area contributed by atoms with Gasteiger partial charge in [-0.05, 0) is 104 Å². The third-order valence-electron chi connectivity index (χ3n) is 9.82. The second-order valence-electron chi connectivity index (χ2n) is 11.1. The Morgan fingerprint density at radius 1 is 0.929 bits per heavy atom. The molecule has 5 rings (SSSR count). The Bertz CT molecular complexity index is 729. The Kier molecular flexibility index (Phi) is 4.60. The van der Waals surface area contributed by atoms with E-state index < -0.39 is 0 Å². The van der Waals surface area contributed by atoms with Gasteiger partial charge in [0.2, 0.25) is 0 Å². The molecule has 4 unspecified atom stereocenters. The van der Waals surface area contributed by atoms with Gasteiger partial charge < -0.3 is 5.32 Å². The van der Waals surface area contributed by atoms with E-state index in [1.54, 1.807) is 0 Å². The molecule has 2 heteroatoms. The monoisotopic (exact) mass is 379 g/mol. The second kappa shape index (κ2) is 6.89. The second-order valence-corrected chi connectivity index (χ2v) is 11.1. The predicted molar refractivity (Wildman–Crippen MR) is 114 cm³/mol. The van der Waals surface area contributed by atoms with Crippen LogP contribution in [0.2, 0.25) is 0 Å². The molecule has 1 N–H and O–H groups in total. The number of nitrogens with one attached hydrogen (secondary N) is 1. The maximum atomic E-state index is 12.6. The van der Waals surface area contributed by atoms with Gasteiger partial charge in [-0.3, -0.25) is 4.79 Å². The highest BCUT2D eigenvalue weighted by atomic mass is 16.1. The van der Waals surface area contributed by atoms with Crippen LogP contribution < -0.4 is 5.32 Å². The number of carbonyl (C=O) groups excluding carboxylic acids is 1. The zero-order valence-corrected chi connectivity index (χ0v) is 17.8. The largest absolute Gasteiger partial charge is 0.349 e. The van der Waals surface area contributed by atoms with E-state index in [1.807, 2.05) is 30.3 Å². The molecule has 0 aromatic heterocycles. The Morgan fingerprint density at radius 2 is 1.75 bits per heavy atom. The number of amides is 1. The van der Waals surface area contributed by atoms with Gasteiger partial charge in [-0.25, -0.2) is 0 Å². The van der Waals surface area contributed by atoms with Crippen molar-refractivity contribution >= 4 is 5.91 Å². The lowest BCUT2D eigenvalue weighted by atomic mass is 9.45. The van der Waals surface area contributed by atoms with Crippen molar-refractivity contribution in [3.8, 4) is 0 Å². The summed E-state index contributed by atoms with van der Waals surface area (Å²) in [6.07, 6.45) is 13.9. The van der Waals surface area contributed by atoms with Crippen LogP contribution in [0.3, 0.4) is 0 Å². The van der Waals surface area contributed by atoms with Gasteiger partial charge in [0.15, 0.2) is 0 Å². The van der Waals surface area contributed by atoms with Crippen molar-refractivity contribution in [1.29, 1.82) is 0 Å². The highest BCUT2D eigenvalue weighted by molar-refractivity contribution is 5.94. The third-order valence-corrected chi connectivity index (χ3v) is 9.82. The summed E-state index contributed by atoms with van der Waals surface area (Å²) in [7, 11) is 0. The molecule has 4 aliphatic rings. The molecular weight excluding hydrogens is 342 g/mol. The van der Waals surface area contributed by atoms with Gasteiger partial charge in [0.25, 0.3) is 5.91 Å². The van der Waals surface area contributed by atoms with Gasteiger partial charge in [-0.2, -0.15) is 0 Å². The number of rotatable bonds is 2. The molecule has 0 aliphatic heterocycles. The predicted octanol–water partition coefficient (Wildman–Crippen LogP) is 6.22. The van der Waals surface area contributed by atoms with Crippen molar-refractivity contribution in [3.63, 3.8) is 0 Å². The number of benzene rings is 1. The molecule has 2 nitrogen and oxygen atoms in total. The van der Waals surface area contributed by atoms with Crippen LogP contribution in [0.25, 0.3) is 0 Å². The fraction of sp³-hybridized carbons (Fsp3) is 0.731. The smallest absolute Gasteiger partial charge is 0.251 e. The van der Waals surface area contributed by atoms with Crippen LogP contribution in [0, 0.1) is 34.5 Å². The SMILES string of the molecule is C[C@@]12CCCC1C1CCC3C[C@@H](NC(=O)c4ccccc4)CC[C@]3(C)C1CC2. The lowest BCUT2D eigenvalue weighted by Crippen LogP contribution is -2.54. The summed E-state index contributed by atoms with van der Waals surface area (Å²) in [5.74, 6) is 3.84. The van der Waals surface area contributed by atoms with E-state index in [-0.39, 0.29) is 5.91 Å². The number of fused-ring (bicyclic) bond motifs is 5.